The lowest BCUT2D eigenvalue weighted by molar-refractivity contribution is -0.117. The third-order valence-electron chi connectivity index (χ3n) is 5.77. The number of aromatic nitrogens is 1. The maximum absolute atomic E-state index is 14.1. The lowest BCUT2D eigenvalue weighted by Gasteiger charge is -2.27. The number of rotatable bonds is 7. The molecule has 0 aliphatic heterocycles. The number of sulfonamides is 1. The van der Waals surface area contributed by atoms with Crippen LogP contribution in [-0.2, 0) is 21.2 Å². The van der Waals surface area contributed by atoms with Crippen molar-refractivity contribution in [2.24, 2.45) is 5.73 Å². The van der Waals surface area contributed by atoms with Crippen molar-refractivity contribution in [3.05, 3.63) is 89.6 Å². The van der Waals surface area contributed by atoms with Crippen LogP contribution in [0.3, 0.4) is 0 Å². The van der Waals surface area contributed by atoms with Gasteiger partial charge in [-0.3, -0.25) is 15.1 Å². The molecule has 0 saturated carbocycles. The lowest BCUT2D eigenvalue weighted by Crippen LogP contribution is -2.41. The van der Waals surface area contributed by atoms with Gasteiger partial charge in [-0.15, -0.1) is 0 Å². The molecular weight excluding hydrogens is 486 g/mol. The van der Waals surface area contributed by atoms with E-state index in [2.05, 4.69) is 9.71 Å². The Bertz CT molecular complexity index is 1590. The number of nitrogen functional groups attached to an aromatic ring is 1. The van der Waals surface area contributed by atoms with Gasteiger partial charge in [-0.1, -0.05) is 30.3 Å². The molecule has 37 heavy (non-hydrogen) atoms. The molecule has 0 spiro atoms. The van der Waals surface area contributed by atoms with Crippen molar-refractivity contribution in [2.45, 2.75) is 44.6 Å². The minimum atomic E-state index is -3.96. The molecule has 0 atom stereocenters. The van der Waals surface area contributed by atoms with Crippen molar-refractivity contribution in [3.8, 4) is 0 Å². The molecule has 4 aromatic rings. The fraction of sp³-hybridized carbons (Fsp3) is 0.214. The van der Waals surface area contributed by atoms with Crippen LogP contribution in [0.2, 0.25) is 0 Å². The van der Waals surface area contributed by atoms with Gasteiger partial charge in [0.15, 0.2) is 0 Å². The first-order chi connectivity index (χ1) is 17.4. The molecule has 1 heterocycles. The number of carbonyl (C=O) groups excluding carboxylic acids is 1. The highest BCUT2D eigenvalue weighted by Gasteiger charge is 2.30. The van der Waals surface area contributed by atoms with Crippen LogP contribution in [0, 0.1) is 12.3 Å². The van der Waals surface area contributed by atoms with E-state index < -0.39 is 15.6 Å². The van der Waals surface area contributed by atoms with E-state index in [-0.39, 0.29) is 28.7 Å². The Morgan fingerprint density at radius 1 is 1.03 bits per heavy atom. The molecule has 4 rings (SSSR count). The summed E-state index contributed by atoms with van der Waals surface area (Å²) >= 11 is 0. The van der Waals surface area contributed by atoms with Crippen molar-refractivity contribution in [1.29, 1.82) is 5.41 Å². The first kappa shape index (κ1) is 26.1. The van der Waals surface area contributed by atoms with Gasteiger partial charge in [0.05, 0.1) is 12.1 Å². The Morgan fingerprint density at radius 3 is 2.32 bits per heavy atom. The first-order valence-corrected chi connectivity index (χ1v) is 13.3. The number of para-hydroxylation sites is 2. The largest absolute Gasteiger partial charge is 0.384 e. The van der Waals surface area contributed by atoms with Crippen LogP contribution in [0.15, 0.2) is 77.7 Å². The molecule has 0 radical (unpaired) electrons. The molecule has 5 N–H and O–H groups in total. The highest BCUT2D eigenvalue weighted by molar-refractivity contribution is 7.89. The van der Waals surface area contributed by atoms with Gasteiger partial charge < -0.3 is 10.7 Å². The average Bonchev–Trinajstić information content (AvgIpc) is 3.19. The van der Waals surface area contributed by atoms with Gasteiger partial charge in [-0.05, 0) is 75.7 Å². The summed E-state index contributed by atoms with van der Waals surface area (Å²) in [6.45, 7) is 7.20. The quantitative estimate of drug-likeness (QED) is 0.208. The lowest BCUT2D eigenvalue weighted by atomic mass is 9.98. The van der Waals surface area contributed by atoms with Crippen molar-refractivity contribution >= 4 is 44.0 Å². The van der Waals surface area contributed by atoms with Gasteiger partial charge in [0.1, 0.15) is 10.7 Å². The summed E-state index contributed by atoms with van der Waals surface area (Å²) < 4.78 is 29.5. The van der Waals surface area contributed by atoms with Gasteiger partial charge in [0.2, 0.25) is 15.9 Å². The van der Waals surface area contributed by atoms with Gasteiger partial charge in [0.25, 0.3) is 0 Å². The fourth-order valence-corrected chi connectivity index (χ4v) is 6.01. The number of carbonyl (C=O) groups is 1. The van der Waals surface area contributed by atoms with Crippen LogP contribution in [0.5, 0.6) is 0 Å². The number of nitrogens with zero attached hydrogens (tertiary/aromatic N) is 1. The van der Waals surface area contributed by atoms with Gasteiger partial charge in [-0.25, -0.2) is 13.1 Å². The Kier molecular flexibility index (Phi) is 6.94. The molecule has 192 valence electrons. The summed E-state index contributed by atoms with van der Waals surface area (Å²) in [7, 11) is -3.96. The number of H-pyrrole nitrogens is 1. The highest BCUT2D eigenvalue weighted by atomic mass is 32.2. The zero-order valence-electron chi connectivity index (χ0n) is 21.3. The Balaban J connectivity index is 1.88. The topological polar surface area (TPSA) is 132 Å². The summed E-state index contributed by atoms with van der Waals surface area (Å²) in [5, 5.41) is 8.89. The van der Waals surface area contributed by atoms with Crippen LogP contribution in [0.25, 0.3) is 10.9 Å². The Hall–Kier alpha value is -3.95. The van der Waals surface area contributed by atoms with Crippen molar-refractivity contribution in [3.63, 3.8) is 0 Å². The number of fused-ring (bicyclic) bond motifs is 1. The standard InChI is InChI=1S/C28H31N5O3S/c1-18-16-22-21(20(27(29)30)14-15-23(22)31-18)17-26(34)33(19-10-6-5-7-11-19)24-12-8-9-13-25(24)37(35,36)32-28(2,3)4/h5-16,31-32H,17H2,1-4H3,(H3,29,30). The Labute approximate surface area is 217 Å². The number of hydrogen-bond donors (Lipinski definition) is 4. The van der Waals surface area contributed by atoms with Gasteiger partial charge >= 0.3 is 0 Å². The predicted molar refractivity (Wildman–Crippen MR) is 148 cm³/mol. The van der Waals surface area contributed by atoms with Gasteiger partial charge in [0, 0.05) is 33.4 Å². The zero-order valence-corrected chi connectivity index (χ0v) is 22.1. The number of anilines is 2. The molecule has 0 bridgehead atoms. The summed E-state index contributed by atoms with van der Waals surface area (Å²) in [4.78, 5) is 18.8. The molecule has 0 unspecified atom stereocenters. The second-order valence-electron chi connectivity index (χ2n) is 9.98. The molecule has 0 aliphatic carbocycles. The van der Waals surface area contributed by atoms with Crippen LogP contribution in [0.1, 0.15) is 37.6 Å². The minimum absolute atomic E-state index is 0.00961. The zero-order chi connectivity index (χ0) is 27.0. The van der Waals surface area contributed by atoms with E-state index in [1.54, 1.807) is 69.3 Å². The SMILES string of the molecule is Cc1cc2c(CC(=O)N(c3ccccc3)c3ccccc3S(=O)(=O)NC(C)(C)C)c(C(=N)N)ccc2[nH]1. The molecule has 0 aliphatic rings. The fourth-order valence-electron chi connectivity index (χ4n) is 4.40. The monoisotopic (exact) mass is 517 g/mol. The second kappa shape index (κ2) is 9.84. The minimum Gasteiger partial charge on any atom is -0.384 e. The van der Waals surface area contributed by atoms with Crippen LogP contribution >= 0.6 is 0 Å². The predicted octanol–water partition coefficient (Wildman–Crippen LogP) is 4.74. The highest BCUT2D eigenvalue weighted by Crippen LogP contribution is 2.34. The van der Waals surface area contributed by atoms with E-state index >= 15 is 0 Å². The number of aryl methyl sites for hydroxylation is 1. The van der Waals surface area contributed by atoms with Crippen LogP contribution < -0.4 is 15.4 Å². The molecule has 1 aromatic heterocycles. The van der Waals surface area contributed by atoms with Crippen molar-refractivity contribution in [1.82, 2.24) is 9.71 Å². The molecule has 1 amide bonds. The molecule has 8 nitrogen and oxygen atoms in total. The first-order valence-electron chi connectivity index (χ1n) is 11.8. The number of benzene rings is 3. The smallest absolute Gasteiger partial charge is 0.243 e. The third kappa shape index (κ3) is 5.58. The maximum atomic E-state index is 14.1. The molecular formula is C28H31N5O3S. The summed E-state index contributed by atoms with van der Waals surface area (Å²) in [6.07, 6.45) is -0.0977. The molecule has 0 saturated heterocycles. The molecule has 9 heteroatoms. The van der Waals surface area contributed by atoms with Crippen LogP contribution in [-0.4, -0.2) is 30.7 Å². The summed E-state index contributed by atoms with van der Waals surface area (Å²) in [6, 6.07) is 20.8. The van der Waals surface area contributed by atoms with E-state index in [4.69, 9.17) is 11.1 Å². The maximum Gasteiger partial charge on any atom is 0.243 e. The van der Waals surface area contributed by atoms with Gasteiger partial charge in [-0.2, -0.15) is 0 Å². The third-order valence-corrected chi connectivity index (χ3v) is 7.57. The number of aromatic amines is 1. The number of hydrogen-bond acceptors (Lipinski definition) is 4. The summed E-state index contributed by atoms with van der Waals surface area (Å²) in [5.41, 5.74) is 8.73. The van der Waals surface area contributed by atoms with Crippen molar-refractivity contribution in [2.75, 3.05) is 4.90 Å². The summed E-state index contributed by atoms with van der Waals surface area (Å²) in [5.74, 6) is -0.509. The van der Waals surface area contributed by atoms with E-state index in [1.807, 2.05) is 25.1 Å². The Morgan fingerprint density at radius 2 is 1.68 bits per heavy atom. The normalized spacial score (nSPS) is 12.0. The second-order valence-corrected chi connectivity index (χ2v) is 11.6. The van der Waals surface area contributed by atoms with E-state index in [9.17, 15) is 13.2 Å². The molecule has 0 fully saturated rings. The van der Waals surface area contributed by atoms with E-state index in [0.29, 0.717) is 16.8 Å². The van der Waals surface area contributed by atoms with E-state index in [0.717, 1.165) is 16.6 Å². The number of nitrogens with two attached hydrogens (primary N) is 1. The average molecular weight is 518 g/mol. The van der Waals surface area contributed by atoms with E-state index in [1.165, 1.54) is 11.0 Å². The van der Waals surface area contributed by atoms with Crippen molar-refractivity contribution < 1.29 is 13.2 Å². The number of nitrogens with one attached hydrogen (secondary N) is 3. The number of amides is 1. The number of amidine groups is 1. The molecule has 3 aromatic carbocycles. The van der Waals surface area contributed by atoms with Crippen LogP contribution in [0.4, 0.5) is 11.4 Å².